The van der Waals surface area contributed by atoms with E-state index in [0.717, 1.165) is 5.39 Å². The zero-order valence-corrected chi connectivity index (χ0v) is 7.77. The molecule has 15 heavy (non-hydrogen) atoms. The van der Waals surface area contributed by atoms with E-state index in [4.69, 9.17) is 11.6 Å². The minimum Gasteiger partial charge on any atom is -0.383 e. The number of nitrogen functional groups attached to an aromatic ring is 2. The van der Waals surface area contributed by atoms with Crippen LogP contribution in [0.25, 0.3) is 11.0 Å². The summed E-state index contributed by atoms with van der Waals surface area (Å²) in [4.78, 5) is 19.3. The first-order valence-corrected chi connectivity index (χ1v) is 4.24. The van der Waals surface area contributed by atoms with E-state index >= 15 is 0 Å². The first-order valence-electron chi connectivity index (χ1n) is 4.24. The highest BCUT2D eigenvalue weighted by Gasteiger charge is 2.10. The van der Waals surface area contributed by atoms with Crippen molar-refractivity contribution in [1.82, 2.24) is 15.4 Å². The van der Waals surface area contributed by atoms with Gasteiger partial charge < -0.3 is 5.73 Å². The lowest BCUT2D eigenvalue weighted by molar-refractivity contribution is 0.0954. The predicted molar refractivity (Wildman–Crippen MR) is 55.6 cm³/mol. The number of hydrogen-bond acceptors (Lipinski definition) is 5. The van der Waals surface area contributed by atoms with Crippen LogP contribution in [0.2, 0.25) is 0 Å². The average Bonchev–Trinajstić information content (AvgIpc) is 2.27. The summed E-state index contributed by atoms with van der Waals surface area (Å²) in [6.45, 7) is 0. The van der Waals surface area contributed by atoms with Gasteiger partial charge in [0.05, 0.1) is 5.56 Å². The second-order valence-electron chi connectivity index (χ2n) is 2.94. The summed E-state index contributed by atoms with van der Waals surface area (Å²) in [5.74, 6) is 4.67. The number of aromatic nitrogens is 2. The van der Waals surface area contributed by atoms with Gasteiger partial charge in [-0.15, -0.1) is 0 Å². The van der Waals surface area contributed by atoms with Gasteiger partial charge in [-0.3, -0.25) is 10.2 Å². The Morgan fingerprint density at radius 1 is 1.47 bits per heavy atom. The summed E-state index contributed by atoms with van der Waals surface area (Å²) >= 11 is 0. The fraction of sp³-hybridized carbons (Fsp3) is 0. The molecule has 6 nitrogen and oxygen atoms in total. The van der Waals surface area contributed by atoms with Crippen LogP contribution in [0.4, 0.5) is 5.82 Å². The van der Waals surface area contributed by atoms with E-state index in [1.807, 2.05) is 5.43 Å². The summed E-state index contributed by atoms with van der Waals surface area (Å²) in [6, 6.07) is 5.15. The van der Waals surface area contributed by atoms with Gasteiger partial charge in [-0.2, -0.15) is 0 Å². The van der Waals surface area contributed by atoms with Crippen LogP contribution < -0.4 is 17.0 Å². The Bertz CT molecular complexity index is 525. The number of pyridine rings is 2. The number of nitrogens with zero attached hydrogens (tertiary/aromatic N) is 2. The summed E-state index contributed by atoms with van der Waals surface area (Å²) in [7, 11) is 0. The zero-order valence-electron chi connectivity index (χ0n) is 7.77. The van der Waals surface area contributed by atoms with Gasteiger partial charge in [-0.25, -0.2) is 15.8 Å². The molecular weight excluding hydrogens is 194 g/mol. The van der Waals surface area contributed by atoms with E-state index in [1.165, 1.54) is 0 Å². The van der Waals surface area contributed by atoms with Crippen molar-refractivity contribution in [3.8, 4) is 0 Å². The lowest BCUT2D eigenvalue weighted by Crippen LogP contribution is -2.30. The SMILES string of the molecule is NNC(=O)c1cc2cccnc2nc1N. The molecule has 0 aromatic carbocycles. The molecule has 5 N–H and O–H groups in total. The number of hydrogen-bond donors (Lipinski definition) is 3. The summed E-state index contributed by atoms with van der Waals surface area (Å²) in [5, 5.41) is 0.741. The quantitative estimate of drug-likeness (QED) is 0.338. The number of hydrazine groups is 1. The molecule has 0 atom stereocenters. The predicted octanol–water partition coefficient (Wildman–Crippen LogP) is -0.185. The van der Waals surface area contributed by atoms with E-state index in [9.17, 15) is 4.79 Å². The Balaban J connectivity index is 2.67. The minimum absolute atomic E-state index is 0.115. The van der Waals surface area contributed by atoms with E-state index in [0.29, 0.717) is 5.65 Å². The van der Waals surface area contributed by atoms with Gasteiger partial charge in [0.25, 0.3) is 5.91 Å². The molecule has 0 saturated carbocycles. The van der Waals surface area contributed by atoms with Crippen LogP contribution in [0.15, 0.2) is 24.4 Å². The topological polar surface area (TPSA) is 107 Å². The summed E-state index contributed by atoms with van der Waals surface area (Å²) in [5.41, 5.74) is 8.35. The zero-order chi connectivity index (χ0) is 10.8. The monoisotopic (exact) mass is 203 g/mol. The molecular formula is C9H9N5O. The fourth-order valence-electron chi connectivity index (χ4n) is 1.28. The Kier molecular flexibility index (Phi) is 2.18. The van der Waals surface area contributed by atoms with Crippen LogP contribution in [0.1, 0.15) is 10.4 Å². The highest BCUT2D eigenvalue weighted by Crippen LogP contribution is 2.15. The van der Waals surface area contributed by atoms with Crippen molar-refractivity contribution in [2.45, 2.75) is 0 Å². The molecule has 0 spiro atoms. The Morgan fingerprint density at radius 3 is 3.00 bits per heavy atom. The van der Waals surface area contributed by atoms with Crippen LogP contribution in [0.5, 0.6) is 0 Å². The third-order valence-corrected chi connectivity index (χ3v) is 1.99. The van der Waals surface area contributed by atoms with Crippen LogP contribution in [-0.2, 0) is 0 Å². The molecule has 2 heterocycles. The van der Waals surface area contributed by atoms with E-state index in [2.05, 4.69) is 9.97 Å². The van der Waals surface area contributed by atoms with Gasteiger partial charge in [-0.05, 0) is 18.2 Å². The van der Waals surface area contributed by atoms with E-state index in [-0.39, 0.29) is 11.4 Å². The molecule has 1 amide bonds. The molecule has 0 aliphatic carbocycles. The maximum atomic E-state index is 11.3. The van der Waals surface area contributed by atoms with Crippen LogP contribution in [0.3, 0.4) is 0 Å². The number of nitrogens with one attached hydrogen (secondary N) is 1. The van der Waals surface area contributed by atoms with Crippen molar-refractivity contribution in [3.05, 3.63) is 30.0 Å². The first kappa shape index (κ1) is 9.35. The second kappa shape index (κ2) is 3.50. The van der Waals surface area contributed by atoms with Crippen molar-refractivity contribution in [1.29, 1.82) is 0 Å². The van der Waals surface area contributed by atoms with E-state index in [1.54, 1.807) is 24.4 Å². The number of amides is 1. The lowest BCUT2D eigenvalue weighted by Gasteiger charge is -2.04. The number of fused-ring (bicyclic) bond motifs is 1. The van der Waals surface area contributed by atoms with Crippen LogP contribution in [0, 0.1) is 0 Å². The Morgan fingerprint density at radius 2 is 2.27 bits per heavy atom. The Hall–Kier alpha value is -2.21. The van der Waals surface area contributed by atoms with Crippen LogP contribution >= 0.6 is 0 Å². The standard InChI is InChI=1S/C9H9N5O/c10-7-6(9(15)14-11)4-5-2-1-3-12-8(5)13-7/h1-4H,11H2,(H,14,15)(H2,10,12,13). The third kappa shape index (κ3) is 1.57. The molecule has 0 aliphatic rings. The van der Waals surface area contributed by atoms with Crippen molar-refractivity contribution < 1.29 is 4.79 Å². The molecule has 0 aliphatic heterocycles. The van der Waals surface area contributed by atoms with Crippen LogP contribution in [-0.4, -0.2) is 15.9 Å². The van der Waals surface area contributed by atoms with Crippen molar-refractivity contribution in [2.75, 3.05) is 5.73 Å². The number of carbonyl (C=O) groups excluding carboxylic acids is 1. The molecule has 0 unspecified atom stereocenters. The third-order valence-electron chi connectivity index (χ3n) is 1.99. The smallest absolute Gasteiger partial charge is 0.268 e. The number of nitrogens with two attached hydrogens (primary N) is 2. The van der Waals surface area contributed by atoms with Gasteiger partial charge in [0, 0.05) is 11.6 Å². The molecule has 6 heteroatoms. The molecule has 2 aromatic heterocycles. The molecule has 2 aromatic rings. The molecule has 76 valence electrons. The molecule has 0 radical (unpaired) electrons. The van der Waals surface area contributed by atoms with Crippen molar-refractivity contribution in [3.63, 3.8) is 0 Å². The second-order valence-corrected chi connectivity index (χ2v) is 2.94. The van der Waals surface area contributed by atoms with Gasteiger partial charge in [0.2, 0.25) is 0 Å². The van der Waals surface area contributed by atoms with Crippen molar-refractivity contribution >= 4 is 22.8 Å². The largest absolute Gasteiger partial charge is 0.383 e. The molecule has 2 rings (SSSR count). The van der Waals surface area contributed by atoms with Gasteiger partial charge >= 0.3 is 0 Å². The fourth-order valence-corrected chi connectivity index (χ4v) is 1.28. The molecule has 0 saturated heterocycles. The molecule has 0 bridgehead atoms. The lowest BCUT2D eigenvalue weighted by atomic mass is 10.2. The highest BCUT2D eigenvalue weighted by molar-refractivity contribution is 6.00. The molecule has 0 fully saturated rings. The number of anilines is 1. The van der Waals surface area contributed by atoms with Gasteiger partial charge in [0.1, 0.15) is 5.82 Å². The minimum atomic E-state index is -0.467. The van der Waals surface area contributed by atoms with E-state index < -0.39 is 5.91 Å². The van der Waals surface area contributed by atoms with Gasteiger partial charge in [-0.1, -0.05) is 0 Å². The maximum absolute atomic E-state index is 11.3. The summed E-state index contributed by atoms with van der Waals surface area (Å²) < 4.78 is 0. The maximum Gasteiger partial charge on any atom is 0.268 e. The normalized spacial score (nSPS) is 10.2. The average molecular weight is 203 g/mol. The first-order chi connectivity index (χ1) is 7.22. The summed E-state index contributed by atoms with van der Waals surface area (Å²) in [6.07, 6.45) is 1.61. The number of carbonyl (C=O) groups is 1. The van der Waals surface area contributed by atoms with Crippen molar-refractivity contribution in [2.24, 2.45) is 5.84 Å². The van der Waals surface area contributed by atoms with Gasteiger partial charge in [0.15, 0.2) is 5.65 Å². The highest BCUT2D eigenvalue weighted by atomic mass is 16.2. The Labute approximate surface area is 85.3 Å². The number of rotatable bonds is 1.